The van der Waals surface area contributed by atoms with Gasteiger partial charge in [-0.15, -0.1) is 0 Å². The third-order valence-corrected chi connectivity index (χ3v) is 4.93. The maximum atomic E-state index is 12.3. The van der Waals surface area contributed by atoms with Gasteiger partial charge in [0.25, 0.3) is 5.91 Å². The van der Waals surface area contributed by atoms with Gasteiger partial charge in [0.2, 0.25) is 0 Å². The highest BCUT2D eigenvalue weighted by molar-refractivity contribution is 6.10. The zero-order valence-electron chi connectivity index (χ0n) is 16.4. The maximum absolute atomic E-state index is 12.3. The summed E-state index contributed by atoms with van der Waals surface area (Å²) in [6.45, 7) is 2.53. The van der Waals surface area contributed by atoms with E-state index in [-0.39, 0.29) is 5.56 Å². The van der Waals surface area contributed by atoms with Crippen molar-refractivity contribution < 1.29 is 14.3 Å². The molecule has 0 fully saturated rings. The minimum atomic E-state index is -0.649. The molecule has 1 aromatic heterocycles. The smallest absolute Gasteiger partial charge is 0.338 e. The molecule has 0 bridgehead atoms. The van der Waals surface area contributed by atoms with Gasteiger partial charge in [-0.1, -0.05) is 24.3 Å². The number of fused-ring (bicyclic) bond motifs is 3. The Hall–Kier alpha value is -4.11. The number of nitrogens with zero attached hydrogens (tertiary/aromatic N) is 2. The van der Waals surface area contributed by atoms with Crippen molar-refractivity contribution in [3.05, 3.63) is 77.9 Å². The number of hydrogen-bond acceptors (Lipinski definition) is 4. The lowest BCUT2D eigenvalue weighted by molar-refractivity contribution is -0.119. The molecule has 6 nitrogen and oxygen atoms in total. The van der Waals surface area contributed by atoms with E-state index in [0.29, 0.717) is 11.3 Å². The number of anilines is 1. The first kappa shape index (κ1) is 19.2. The van der Waals surface area contributed by atoms with Crippen LogP contribution in [0.25, 0.3) is 21.8 Å². The number of para-hydroxylation sites is 1. The van der Waals surface area contributed by atoms with E-state index in [0.717, 1.165) is 28.4 Å². The summed E-state index contributed by atoms with van der Waals surface area (Å²) in [4.78, 5) is 24.4. The van der Waals surface area contributed by atoms with Crippen molar-refractivity contribution in [1.82, 2.24) is 4.57 Å². The van der Waals surface area contributed by atoms with Crippen LogP contribution in [0.3, 0.4) is 0 Å². The van der Waals surface area contributed by atoms with Gasteiger partial charge >= 0.3 is 5.97 Å². The van der Waals surface area contributed by atoms with Gasteiger partial charge in [-0.25, -0.2) is 4.79 Å². The van der Waals surface area contributed by atoms with E-state index in [4.69, 9.17) is 10.00 Å². The molecule has 0 aliphatic carbocycles. The molecule has 0 aliphatic rings. The number of benzene rings is 3. The van der Waals surface area contributed by atoms with Gasteiger partial charge < -0.3 is 14.6 Å². The van der Waals surface area contributed by atoms with E-state index < -0.39 is 18.5 Å². The molecule has 30 heavy (non-hydrogen) atoms. The molecule has 0 atom stereocenters. The number of aromatic nitrogens is 1. The molecular weight excluding hydrogens is 378 g/mol. The lowest BCUT2D eigenvalue weighted by atomic mass is 10.1. The van der Waals surface area contributed by atoms with Gasteiger partial charge in [0.15, 0.2) is 6.61 Å². The Kier molecular flexibility index (Phi) is 5.19. The van der Waals surface area contributed by atoms with E-state index in [2.05, 4.69) is 28.9 Å². The number of nitrogens with one attached hydrogen (secondary N) is 1. The molecule has 1 heterocycles. The molecule has 0 unspecified atom stereocenters. The summed E-state index contributed by atoms with van der Waals surface area (Å²) in [6.07, 6.45) is 0. The SMILES string of the molecule is CCn1c2ccccc2c2cc(NC(=O)COC(=O)c3cccc(C#N)c3)ccc21. The summed E-state index contributed by atoms with van der Waals surface area (Å²) in [5.41, 5.74) is 3.46. The Balaban J connectivity index is 1.49. The third-order valence-electron chi connectivity index (χ3n) is 4.93. The second-order valence-corrected chi connectivity index (χ2v) is 6.81. The quantitative estimate of drug-likeness (QED) is 0.503. The van der Waals surface area contributed by atoms with E-state index in [9.17, 15) is 9.59 Å². The number of aryl methyl sites for hydroxylation is 1. The summed E-state index contributed by atoms with van der Waals surface area (Å²) in [5, 5.41) is 13.9. The van der Waals surface area contributed by atoms with Crippen molar-refractivity contribution in [2.75, 3.05) is 11.9 Å². The summed E-state index contributed by atoms with van der Waals surface area (Å²) in [7, 11) is 0. The van der Waals surface area contributed by atoms with E-state index in [1.165, 1.54) is 6.07 Å². The summed E-state index contributed by atoms with van der Waals surface area (Å²) >= 11 is 0. The van der Waals surface area contributed by atoms with Crippen LogP contribution in [0.15, 0.2) is 66.7 Å². The zero-order chi connectivity index (χ0) is 21.1. The third kappa shape index (κ3) is 3.61. The molecule has 148 valence electrons. The van der Waals surface area contributed by atoms with Gasteiger partial charge in [-0.3, -0.25) is 4.79 Å². The average molecular weight is 397 g/mol. The lowest BCUT2D eigenvalue weighted by Gasteiger charge is -2.08. The van der Waals surface area contributed by atoms with Gasteiger partial charge in [-0.05, 0) is 49.4 Å². The predicted molar refractivity (Wildman–Crippen MR) is 115 cm³/mol. The second-order valence-electron chi connectivity index (χ2n) is 6.81. The number of carbonyl (C=O) groups excluding carboxylic acids is 2. The van der Waals surface area contributed by atoms with Crippen molar-refractivity contribution in [3.63, 3.8) is 0 Å². The van der Waals surface area contributed by atoms with Crippen molar-refractivity contribution in [1.29, 1.82) is 5.26 Å². The monoisotopic (exact) mass is 397 g/mol. The fourth-order valence-electron chi connectivity index (χ4n) is 3.60. The Morgan fingerprint density at radius 3 is 2.60 bits per heavy atom. The highest BCUT2D eigenvalue weighted by atomic mass is 16.5. The lowest BCUT2D eigenvalue weighted by Crippen LogP contribution is -2.20. The summed E-state index contributed by atoms with van der Waals surface area (Å²) in [5.74, 6) is -1.08. The highest BCUT2D eigenvalue weighted by Crippen LogP contribution is 2.30. The standard InChI is InChI=1S/C24H19N3O3/c1-2-27-21-9-4-3-8-19(21)20-13-18(10-11-22(20)27)26-23(28)15-30-24(29)17-7-5-6-16(12-17)14-25/h3-13H,2,15H2,1H3,(H,26,28). The van der Waals surface area contributed by atoms with Crippen LogP contribution in [-0.4, -0.2) is 23.1 Å². The molecule has 6 heteroatoms. The number of esters is 1. The number of amides is 1. The maximum Gasteiger partial charge on any atom is 0.338 e. The van der Waals surface area contributed by atoms with Crippen molar-refractivity contribution >= 4 is 39.4 Å². The van der Waals surface area contributed by atoms with Crippen molar-refractivity contribution in [3.8, 4) is 6.07 Å². The summed E-state index contributed by atoms with van der Waals surface area (Å²) in [6, 6.07) is 22.0. The fourth-order valence-corrected chi connectivity index (χ4v) is 3.60. The molecule has 0 radical (unpaired) electrons. The van der Waals surface area contributed by atoms with Crippen LogP contribution in [0, 0.1) is 11.3 Å². The van der Waals surface area contributed by atoms with E-state index in [1.807, 2.05) is 36.4 Å². The number of hydrogen-bond donors (Lipinski definition) is 1. The Labute approximate surface area is 173 Å². The molecule has 0 spiro atoms. The number of carbonyl (C=O) groups is 2. The van der Waals surface area contributed by atoms with Gasteiger partial charge in [0.05, 0.1) is 17.2 Å². The van der Waals surface area contributed by atoms with Gasteiger partial charge in [0, 0.05) is 34.0 Å². The van der Waals surface area contributed by atoms with Crippen LogP contribution in [0.2, 0.25) is 0 Å². The van der Waals surface area contributed by atoms with Crippen molar-refractivity contribution in [2.45, 2.75) is 13.5 Å². The predicted octanol–water partition coefficient (Wildman–Crippen LogP) is 4.48. The number of rotatable bonds is 5. The van der Waals surface area contributed by atoms with Crippen LogP contribution >= 0.6 is 0 Å². The molecule has 4 aromatic rings. The first-order chi connectivity index (χ1) is 14.6. The first-order valence-electron chi connectivity index (χ1n) is 9.59. The minimum Gasteiger partial charge on any atom is -0.452 e. The Morgan fingerprint density at radius 1 is 1.00 bits per heavy atom. The number of ether oxygens (including phenoxy) is 1. The van der Waals surface area contributed by atoms with Crippen LogP contribution < -0.4 is 5.32 Å². The van der Waals surface area contributed by atoms with E-state index >= 15 is 0 Å². The Bertz CT molecular complexity index is 1310. The summed E-state index contributed by atoms with van der Waals surface area (Å²) < 4.78 is 7.31. The second kappa shape index (κ2) is 8.10. The van der Waals surface area contributed by atoms with Gasteiger partial charge in [-0.2, -0.15) is 5.26 Å². The van der Waals surface area contributed by atoms with Crippen LogP contribution in [-0.2, 0) is 16.1 Å². The molecule has 4 rings (SSSR count). The normalized spacial score (nSPS) is 10.7. The van der Waals surface area contributed by atoms with Crippen LogP contribution in [0.5, 0.6) is 0 Å². The molecule has 1 amide bonds. The first-order valence-corrected chi connectivity index (χ1v) is 9.59. The van der Waals surface area contributed by atoms with Crippen LogP contribution in [0.4, 0.5) is 5.69 Å². The molecule has 0 aliphatic heterocycles. The average Bonchev–Trinajstić information content (AvgIpc) is 3.10. The largest absolute Gasteiger partial charge is 0.452 e. The van der Waals surface area contributed by atoms with E-state index in [1.54, 1.807) is 18.2 Å². The Morgan fingerprint density at radius 2 is 1.80 bits per heavy atom. The number of nitriles is 1. The molecule has 0 saturated heterocycles. The van der Waals surface area contributed by atoms with Gasteiger partial charge in [0.1, 0.15) is 0 Å². The van der Waals surface area contributed by atoms with Crippen LogP contribution in [0.1, 0.15) is 22.8 Å². The topological polar surface area (TPSA) is 84.1 Å². The van der Waals surface area contributed by atoms with Crippen molar-refractivity contribution in [2.24, 2.45) is 0 Å². The molecule has 0 saturated carbocycles. The zero-order valence-corrected chi connectivity index (χ0v) is 16.4. The molecule has 3 aromatic carbocycles. The highest BCUT2D eigenvalue weighted by Gasteiger charge is 2.13. The molecular formula is C24H19N3O3. The molecule has 1 N–H and O–H groups in total. The fraction of sp³-hybridized carbons (Fsp3) is 0.125. The minimum absolute atomic E-state index is 0.232.